The highest BCUT2D eigenvalue weighted by molar-refractivity contribution is 8.06. The van der Waals surface area contributed by atoms with Gasteiger partial charge in [-0.3, -0.25) is 4.57 Å². The van der Waals surface area contributed by atoms with Crippen molar-refractivity contribution in [2.45, 2.75) is 37.6 Å². The van der Waals surface area contributed by atoms with Crippen LogP contribution in [-0.2, 0) is 30.1 Å². The number of rotatable bonds is 10. The second kappa shape index (κ2) is 10.2. The molecular weight excluding hydrogens is 482 g/mol. The first-order chi connectivity index (χ1) is 15.2. The zero-order valence-corrected chi connectivity index (χ0v) is 19.6. The Morgan fingerprint density at radius 3 is 2.75 bits per heavy atom. The second-order valence-electron chi connectivity index (χ2n) is 7.81. The maximum absolute atomic E-state index is 10.1. The van der Waals surface area contributed by atoms with Crippen LogP contribution in [0.1, 0.15) is 25.5 Å². The molecule has 32 heavy (non-hydrogen) atoms. The van der Waals surface area contributed by atoms with E-state index in [9.17, 15) is 14.7 Å². The van der Waals surface area contributed by atoms with Gasteiger partial charge in [0.15, 0.2) is 11.5 Å². The van der Waals surface area contributed by atoms with Gasteiger partial charge in [0.05, 0.1) is 32.3 Å². The molecule has 1 saturated carbocycles. The molecule has 0 radical (unpaired) electrons. The lowest BCUT2D eigenvalue weighted by Gasteiger charge is -2.42. The minimum atomic E-state index is -3.70. The van der Waals surface area contributed by atoms with Crippen LogP contribution in [0.4, 0.5) is 5.82 Å². The summed E-state index contributed by atoms with van der Waals surface area (Å²) in [6.07, 6.45) is 4.64. The number of aromatic nitrogens is 4. The Bertz CT molecular complexity index is 980. The number of fused-ring (bicyclic) bond motifs is 1. The normalized spacial score (nSPS) is 29.3. The van der Waals surface area contributed by atoms with Crippen molar-refractivity contribution in [3.8, 4) is 0 Å². The van der Waals surface area contributed by atoms with E-state index in [0.29, 0.717) is 23.4 Å². The van der Waals surface area contributed by atoms with Crippen molar-refractivity contribution in [3.05, 3.63) is 12.7 Å². The number of anilines is 1. The van der Waals surface area contributed by atoms with Crippen LogP contribution in [0.2, 0.25) is 0 Å². The highest BCUT2D eigenvalue weighted by atomic mass is 32.5. The van der Waals surface area contributed by atoms with Crippen LogP contribution in [0.3, 0.4) is 0 Å². The van der Waals surface area contributed by atoms with Crippen molar-refractivity contribution >= 4 is 44.1 Å². The van der Waals surface area contributed by atoms with Gasteiger partial charge in [-0.15, -0.1) is 0 Å². The van der Waals surface area contributed by atoms with Crippen molar-refractivity contribution in [1.82, 2.24) is 19.5 Å². The largest absolute Gasteiger partial charge is 0.382 e. The molecule has 6 atom stereocenters. The molecule has 2 aromatic rings. The summed E-state index contributed by atoms with van der Waals surface area (Å²) in [5.41, 5.74) is 12.9. The first-order valence-electron chi connectivity index (χ1n) is 10.00. The molecule has 16 heteroatoms. The van der Waals surface area contributed by atoms with E-state index >= 15 is 0 Å². The third-order valence-electron chi connectivity index (χ3n) is 5.72. The molecule has 7 N–H and O–H groups in total. The predicted molar refractivity (Wildman–Crippen MR) is 118 cm³/mol. The summed E-state index contributed by atoms with van der Waals surface area (Å²) in [6, 6.07) is -0.121. The van der Waals surface area contributed by atoms with Gasteiger partial charge >= 0.3 is 15.3 Å². The molecule has 178 valence electrons. The van der Waals surface area contributed by atoms with E-state index in [1.165, 1.54) is 6.33 Å². The topological polar surface area (TPSA) is 193 Å². The molecule has 2 aliphatic rings. The van der Waals surface area contributed by atoms with Crippen molar-refractivity contribution in [2.24, 2.45) is 17.6 Å². The van der Waals surface area contributed by atoms with Crippen LogP contribution in [-0.4, -0.2) is 66.2 Å². The summed E-state index contributed by atoms with van der Waals surface area (Å²) in [5, 5.41) is 0. The summed E-state index contributed by atoms with van der Waals surface area (Å²) in [6.45, 7) is -3.26. The van der Waals surface area contributed by atoms with E-state index in [-0.39, 0.29) is 50.0 Å². The van der Waals surface area contributed by atoms with E-state index in [1.54, 1.807) is 6.33 Å². The monoisotopic (exact) mass is 508 g/mol. The fourth-order valence-electron chi connectivity index (χ4n) is 3.93. The molecule has 0 aromatic carbocycles. The van der Waals surface area contributed by atoms with Gasteiger partial charge in [-0.05, 0) is 37.0 Å². The molecule has 0 bridgehead atoms. The zero-order chi connectivity index (χ0) is 22.9. The van der Waals surface area contributed by atoms with Crippen molar-refractivity contribution in [2.75, 3.05) is 25.6 Å². The van der Waals surface area contributed by atoms with Gasteiger partial charge in [0.2, 0.25) is 0 Å². The Hall–Kier alpha value is -0.890. The number of hydrogen-bond acceptors (Lipinski definition) is 11. The summed E-state index contributed by atoms with van der Waals surface area (Å²) < 4.78 is 23.6. The Labute approximate surface area is 190 Å². The number of nitrogens with two attached hydrogens (primary N) is 2. The number of nitrogen functional groups attached to an aromatic ring is 1. The molecule has 2 fully saturated rings. The predicted octanol–water partition coefficient (Wildman–Crippen LogP) is 0.528. The van der Waals surface area contributed by atoms with Crippen LogP contribution >= 0.6 is 15.3 Å². The number of nitrogens with zero attached hydrogens (tertiary/aromatic N) is 4. The highest BCUT2D eigenvalue weighted by Gasteiger charge is 2.40. The summed E-state index contributed by atoms with van der Waals surface area (Å²) >= 11 is 4.45. The smallest absolute Gasteiger partial charge is 0.329 e. The molecule has 0 spiro atoms. The molecular formula is C16H26N6O7P2S. The summed E-state index contributed by atoms with van der Waals surface area (Å²) in [4.78, 5) is 40.9. The fraction of sp³-hybridized carbons (Fsp3) is 0.688. The minimum absolute atomic E-state index is 0.0169. The molecule has 1 aliphatic carbocycles. The van der Waals surface area contributed by atoms with E-state index in [1.807, 2.05) is 4.57 Å². The molecule has 1 aliphatic heterocycles. The number of imidazole rings is 1. The molecule has 3 heterocycles. The van der Waals surface area contributed by atoms with Crippen LogP contribution in [0, 0.1) is 11.8 Å². The third kappa shape index (κ3) is 5.78. The SMILES string of the molecule is Nc1ncnc2c1ncn2C1CCC(COP(O)OC[C@H]2C(N)CC2COP(O)(O)=S)O1. The van der Waals surface area contributed by atoms with Gasteiger partial charge in [0, 0.05) is 12.0 Å². The van der Waals surface area contributed by atoms with Crippen molar-refractivity contribution in [1.29, 1.82) is 0 Å². The van der Waals surface area contributed by atoms with Gasteiger partial charge in [0.25, 0.3) is 0 Å². The lowest BCUT2D eigenvalue weighted by atomic mass is 9.70. The maximum atomic E-state index is 10.1. The van der Waals surface area contributed by atoms with Crippen molar-refractivity contribution < 1.29 is 33.0 Å². The fourth-order valence-corrected chi connectivity index (χ4v) is 5.16. The standard InChI is InChI=1S/C16H26N6O7P2S/c17-12-3-9(4-28-31(24,25)32)11(12)6-27-30(23)26-5-10-1-2-13(29-10)22-8-21-14-15(18)19-7-20-16(14)22/h7-13,23H,1-6,17H2,(H2,18,19,20)(H2,24,25,32)/t9?,10?,11-,12?,13?,30?/m1/s1. The van der Waals surface area contributed by atoms with E-state index in [4.69, 9.17) is 29.8 Å². The molecule has 5 unspecified atom stereocenters. The quantitative estimate of drug-likeness (QED) is 0.279. The molecule has 4 rings (SSSR count). The molecule has 13 nitrogen and oxygen atoms in total. The second-order valence-corrected chi connectivity index (χ2v) is 11.5. The van der Waals surface area contributed by atoms with Crippen LogP contribution in [0.5, 0.6) is 0 Å². The first kappa shape index (κ1) is 24.2. The summed E-state index contributed by atoms with van der Waals surface area (Å²) in [7, 11) is -2.11. The highest BCUT2D eigenvalue weighted by Crippen LogP contribution is 2.44. The van der Waals surface area contributed by atoms with Gasteiger partial charge in [0.1, 0.15) is 18.1 Å². The van der Waals surface area contributed by atoms with Crippen LogP contribution in [0.15, 0.2) is 12.7 Å². The Kier molecular flexibility index (Phi) is 7.70. The maximum Gasteiger partial charge on any atom is 0.329 e. The number of hydrogen-bond donors (Lipinski definition) is 5. The minimum Gasteiger partial charge on any atom is -0.382 e. The van der Waals surface area contributed by atoms with E-state index < -0.39 is 15.3 Å². The lowest BCUT2D eigenvalue weighted by molar-refractivity contribution is -0.0212. The van der Waals surface area contributed by atoms with Gasteiger partial charge in [-0.25, -0.2) is 15.0 Å². The Morgan fingerprint density at radius 1 is 1.22 bits per heavy atom. The molecule has 1 saturated heterocycles. The van der Waals surface area contributed by atoms with Crippen LogP contribution in [0.25, 0.3) is 11.2 Å². The lowest BCUT2D eigenvalue weighted by Crippen LogP contribution is -2.51. The first-order valence-corrected chi connectivity index (χ1v) is 13.8. The average Bonchev–Trinajstić information content (AvgIpc) is 3.36. The van der Waals surface area contributed by atoms with Gasteiger partial charge in [-0.2, -0.15) is 0 Å². The Morgan fingerprint density at radius 2 is 2.00 bits per heavy atom. The van der Waals surface area contributed by atoms with Gasteiger partial charge in [-0.1, -0.05) is 0 Å². The third-order valence-corrected chi connectivity index (χ3v) is 7.26. The van der Waals surface area contributed by atoms with Crippen LogP contribution < -0.4 is 11.5 Å². The van der Waals surface area contributed by atoms with Crippen molar-refractivity contribution in [3.63, 3.8) is 0 Å². The number of ether oxygens (including phenoxy) is 1. The average molecular weight is 508 g/mol. The molecule has 2 aromatic heterocycles. The zero-order valence-electron chi connectivity index (χ0n) is 17.0. The van der Waals surface area contributed by atoms with E-state index in [0.717, 1.165) is 12.8 Å². The van der Waals surface area contributed by atoms with E-state index in [2.05, 4.69) is 26.8 Å². The summed E-state index contributed by atoms with van der Waals surface area (Å²) in [5.74, 6) is 0.206. The Balaban J connectivity index is 1.20. The molecule has 0 amide bonds. The van der Waals surface area contributed by atoms with Gasteiger partial charge < -0.3 is 44.5 Å².